The van der Waals surface area contributed by atoms with Gasteiger partial charge in [-0.05, 0) is 32.6 Å². The Morgan fingerprint density at radius 3 is 2.53 bits per heavy atom. The Kier molecular flexibility index (Phi) is 4.20. The highest BCUT2D eigenvalue weighted by Crippen LogP contribution is 2.27. The molecule has 100 valence electrons. The van der Waals surface area contributed by atoms with Crippen LogP contribution >= 0.6 is 0 Å². The molecule has 1 aliphatic rings. The SMILES string of the molecule is CC(C)(C)NC(=O)CN1CCC(N)C(C)(C)C1. The minimum Gasteiger partial charge on any atom is -0.350 e. The lowest BCUT2D eigenvalue weighted by atomic mass is 9.80. The van der Waals surface area contributed by atoms with E-state index < -0.39 is 0 Å². The number of carbonyl (C=O) groups excluding carboxylic acids is 1. The molecule has 0 aromatic rings. The van der Waals surface area contributed by atoms with Gasteiger partial charge in [0.05, 0.1) is 6.54 Å². The number of likely N-dealkylation sites (tertiary alicyclic amines) is 1. The summed E-state index contributed by atoms with van der Waals surface area (Å²) in [5.41, 5.74) is 6.02. The molecule has 1 saturated heterocycles. The molecule has 1 aliphatic heterocycles. The molecular weight excluding hydrogens is 214 g/mol. The second-order valence-corrected chi connectivity index (χ2v) is 6.89. The summed E-state index contributed by atoms with van der Waals surface area (Å²) in [6.07, 6.45) is 0.968. The van der Waals surface area contributed by atoms with Crippen molar-refractivity contribution in [1.29, 1.82) is 0 Å². The Balaban J connectivity index is 2.46. The van der Waals surface area contributed by atoms with Gasteiger partial charge < -0.3 is 11.1 Å². The first kappa shape index (κ1) is 14.5. The molecular formula is C13H27N3O. The van der Waals surface area contributed by atoms with Crippen molar-refractivity contribution >= 4 is 5.91 Å². The van der Waals surface area contributed by atoms with Gasteiger partial charge in [0.25, 0.3) is 0 Å². The van der Waals surface area contributed by atoms with E-state index in [4.69, 9.17) is 5.73 Å². The zero-order valence-electron chi connectivity index (χ0n) is 11.8. The average Bonchev–Trinajstić information content (AvgIpc) is 2.07. The Bertz CT molecular complexity index is 281. The second-order valence-electron chi connectivity index (χ2n) is 6.89. The summed E-state index contributed by atoms with van der Waals surface area (Å²) >= 11 is 0. The van der Waals surface area contributed by atoms with Gasteiger partial charge in [-0.3, -0.25) is 9.69 Å². The highest BCUT2D eigenvalue weighted by Gasteiger charge is 2.34. The van der Waals surface area contributed by atoms with E-state index in [2.05, 4.69) is 24.1 Å². The normalized spacial score (nSPS) is 25.6. The minimum atomic E-state index is -0.154. The molecule has 0 saturated carbocycles. The molecule has 4 nitrogen and oxygen atoms in total. The van der Waals surface area contributed by atoms with Crippen molar-refractivity contribution in [2.45, 2.75) is 52.6 Å². The number of carbonyl (C=O) groups is 1. The van der Waals surface area contributed by atoms with Crippen LogP contribution in [0.15, 0.2) is 0 Å². The molecule has 1 rings (SSSR count). The number of rotatable bonds is 2. The molecule has 0 aromatic heterocycles. The van der Waals surface area contributed by atoms with Gasteiger partial charge in [-0.1, -0.05) is 13.8 Å². The third-order valence-corrected chi connectivity index (χ3v) is 3.27. The zero-order chi connectivity index (χ0) is 13.3. The Morgan fingerprint density at radius 1 is 1.47 bits per heavy atom. The van der Waals surface area contributed by atoms with Crippen LogP contribution in [0, 0.1) is 5.41 Å². The van der Waals surface area contributed by atoms with E-state index in [0.29, 0.717) is 6.54 Å². The Morgan fingerprint density at radius 2 is 2.06 bits per heavy atom. The predicted molar refractivity (Wildman–Crippen MR) is 70.7 cm³/mol. The Hall–Kier alpha value is -0.610. The summed E-state index contributed by atoms with van der Waals surface area (Å²) in [4.78, 5) is 14.0. The summed E-state index contributed by atoms with van der Waals surface area (Å²) < 4.78 is 0. The van der Waals surface area contributed by atoms with E-state index in [1.807, 2.05) is 20.8 Å². The van der Waals surface area contributed by atoms with Gasteiger partial charge in [0, 0.05) is 24.7 Å². The number of nitrogens with zero attached hydrogens (tertiary/aromatic N) is 1. The third kappa shape index (κ3) is 4.64. The van der Waals surface area contributed by atoms with Crippen LogP contribution in [0.4, 0.5) is 0 Å². The summed E-state index contributed by atoms with van der Waals surface area (Å²) in [5, 5.41) is 2.99. The topological polar surface area (TPSA) is 58.4 Å². The predicted octanol–water partition coefficient (Wildman–Crippen LogP) is 0.960. The average molecular weight is 241 g/mol. The van der Waals surface area contributed by atoms with Gasteiger partial charge in [0.15, 0.2) is 0 Å². The van der Waals surface area contributed by atoms with E-state index in [1.165, 1.54) is 0 Å². The minimum absolute atomic E-state index is 0.0975. The highest BCUT2D eigenvalue weighted by molar-refractivity contribution is 5.78. The van der Waals surface area contributed by atoms with Crippen LogP contribution in [0.5, 0.6) is 0 Å². The van der Waals surface area contributed by atoms with Crippen LogP contribution in [0.3, 0.4) is 0 Å². The largest absolute Gasteiger partial charge is 0.350 e. The van der Waals surface area contributed by atoms with Gasteiger partial charge in [0.2, 0.25) is 5.91 Å². The number of amides is 1. The van der Waals surface area contributed by atoms with Crippen molar-refractivity contribution in [1.82, 2.24) is 10.2 Å². The van der Waals surface area contributed by atoms with E-state index in [0.717, 1.165) is 19.5 Å². The first-order valence-corrected chi connectivity index (χ1v) is 6.39. The molecule has 4 heteroatoms. The summed E-state index contributed by atoms with van der Waals surface area (Å²) in [6.45, 7) is 12.6. The van der Waals surface area contributed by atoms with Crippen LogP contribution < -0.4 is 11.1 Å². The van der Waals surface area contributed by atoms with Crippen molar-refractivity contribution in [3.8, 4) is 0 Å². The molecule has 3 N–H and O–H groups in total. The second kappa shape index (κ2) is 4.94. The molecule has 0 aliphatic carbocycles. The molecule has 0 radical (unpaired) electrons. The first-order chi connectivity index (χ1) is 7.60. The quantitative estimate of drug-likeness (QED) is 0.757. The van der Waals surface area contributed by atoms with Crippen LogP contribution in [0.1, 0.15) is 41.0 Å². The number of hydrogen-bond donors (Lipinski definition) is 2. The van der Waals surface area contributed by atoms with E-state index in [-0.39, 0.29) is 22.9 Å². The lowest BCUT2D eigenvalue weighted by Crippen LogP contribution is -2.55. The van der Waals surface area contributed by atoms with Crippen molar-refractivity contribution in [3.05, 3.63) is 0 Å². The molecule has 0 spiro atoms. The van der Waals surface area contributed by atoms with Crippen LogP contribution in [0.25, 0.3) is 0 Å². The molecule has 1 atom stereocenters. The summed E-state index contributed by atoms with van der Waals surface area (Å²) in [6, 6.07) is 0.240. The molecule has 1 amide bonds. The van der Waals surface area contributed by atoms with Gasteiger partial charge in [-0.25, -0.2) is 0 Å². The number of nitrogens with two attached hydrogens (primary N) is 1. The third-order valence-electron chi connectivity index (χ3n) is 3.27. The molecule has 0 bridgehead atoms. The summed E-state index contributed by atoms with van der Waals surface area (Å²) in [7, 11) is 0. The van der Waals surface area contributed by atoms with Crippen LogP contribution in [-0.2, 0) is 4.79 Å². The van der Waals surface area contributed by atoms with Gasteiger partial charge in [0.1, 0.15) is 0 Å². The van der Waals surface area contributed by atoms with Gasteiger partial charge in [-0.2, -0.15) is 0 Å². The first-order valence-electron chi connectivity index (χ1n) is 6.39. The molecule has 17 heavy (non-hydrogen) atoms. The zero-order valence-corrected chi connectivity index (χ0v) is 11.8. The smallest absolute Gasteiger partial charge is 0.234 e. The fourth-order valence-corrected chi connectivity index (χ4v) is 2.28. The molecule has 0 aromatic carbocycles. The highest BCUT2D eigenvalue weighted by atomic mass is 16.2. The van der Waals surface area contributed by atoms with Crippen molar-refractivity contribution in [2.75, 3.05) is 19.6 Å². The van der Waals surface area contributed by atoms with E-state index in [1.54, 1.807) is 0 Å². The lowest BCUT2D eigenvalue weighted by molar-refractivity contribution is -0.124. The maximum atomic E-state index is 11.8. The number of piperidine rings is 1. The number of hydrogen-bond acceptors (Lipinski definition) is 3. The van der Waals surface area contributed by atoms with Crippen molar-refractivity contribution in [3.63, 3.8) is 0 Å². The van der Waals surface area contributed by atoms with Crippen molar-refractivity contribution in [2.24, 2.45) is 11.1 Å². The standard InChI is InChI=1S/C13H27N3O/c1-12(2,3)15-11(17)8-16-7-6-10(14)13(4,5)9-16/h10H,6-9,14H2,1-5H3,(H,15,17). The van der Waals surface area contributed by atoms with Crippen LogP contribution in [-0.4, -0.2) is 42.0 Å². The molecule has 1 fully saturated rings. The fourth-order valence-electron chi connectivity index (χ4n) is 2.28. The molecule has 1 unspecified atom stereocenters. The maximum Gasteiger partial charge on any atom is 0.234 e. The van der Waals surface area contributed by atoms with Gasteiger partial charge in [-0.15, -0.1) is 0 Å². The van der Waals surface area contributed by atoms with Crippen molar-refractivity contribution < 1.29 is 4.79 Å². The summed E-state index contributed by atoms with van der Waals surface area (Å²) in [5.74, 6) is 0.101. The van der Waals surface area contributed by atoms with E-state index >= 15 is 0 Å². The van der Waals surface area contributed by atoms with Crippen LogP contribution in [0.2, 0.25) is 0 Å². The molecule has 1 heterocycles. The maximum absolute atomic E-state index is 11.8. The lowest BCUT2D eigenvalue weighted by Gasteiger charge is -2.42. The van der Waals surface area contributed by atoms with Gasteiger partial charge >= 0.3 is 0 Å². The monoisotopic (exact) mass is 241 g/mol. The number of nitrogens with one attached hydrogen (secondary N) is 1. The fraction of sp³-hybridized carbons (Fsp3) is 0.923. The Labute approximate surface area is 105 Å². The van der Waals surface area contributed by atoms with E-state index in [9.17, 15) is 4.79 Å².